The van der Waals surface area contributed by atoms with Crippen molar-refractivity contribution in [2.75, 3.05) is 0 Å². The Balaban J connectivity index is 1.72. The van der Waals surface area contributed by atoms with Gasteiger partial charge in [0.2, 0.25) is 0 Å². The van der Waals surface area contributed by atoms with Crippen LogP contribution in [0.15, 0.2) is 39.4 Å². The molecule has 0 spiro atoms. The second kappa shape index (κ2) is 6.99. The molecule has 10 heteroatoms. The van der Waals surface area contributed by atoms with Crippen LogP contribution in [0, 0.1) is 0 Å². The Labute approximate surface area is 238 Å². The van der Waals surface area contributed by atoms with Crippen molar-refractivity contribution in [2.24, 2.45) is 0 Å². The van der Waals surface area contributed by atoms with Crippen LogP contribution in [-0.2, 0) is 0 Å². The van der Waals surface area contributed by atoms with Gasteiger partial charge in [-0.3, -0.25) is 0 Å². The van der Waals surface area contributed by atoms with E-state index in [1.807, 2.05) is 68.0 Å². The van der Waals surface area contributed by atoms with Crippen molar-refractivity contribution < 1.29 is 0 Å². The highest BCUT2D eigenvalue weighted by atomic mass is 79.9. The number of hydrogen-bond donors (Lipinski definition) is 0. The van der Waals surface area contributed by atoms with E-state index in [9.17, 15) is 0 Å². The zero-order chi connectivity index (χ0) is 21.5. The first-order valence-electron chi connectivity index (χ1n) is 9.26. The molecule has 0 saturated heterocycles. The van der Waals surface area contributed by atoms with Crippen molar-refractivity contribution in [3.8, 4) is 0 Å². The summed E-state index contributed by atoms with van der Waals surface area (Å²) in [5.41, 5.74) is 0. The number of rotatable bonds is 0. The Kier molecular flexibility index (Phi) is 4.49. The zero-order valence-electron chi connectivity index (χ0n) is 15.3. The standard InChI is InChI=1S/C22H4Br4S6/c23-9-1-5-7-3-11(25)29-17(7)19-13(15(5)27-9)21-22(31-19)14-16-6(2-10(24)28-16)8-4-12(26)30-18(8)20(14)32-21/h1-4H. The first kappa shape index (κ1) is 20.6. The molecule has 0 aliphatic rings. The Hall–Kier alpha value is 0.380. The van der Waals surface area contributed by atoms with Gasteiger partial charge in [0.1, 0.15) is 0 Å². The highest BCUT2D eigenvalue weighted by Gasteiger charge is 2.24. The lowest BCUT2D eigenvalue weighted by Crippen LogP contribution is -1.69. The van der Waals surface area contributed by atoms with E-state index in [0.717, 1.165) is 0 Å². The molecule has 0 bridgehead atoms. The molecule has 2 aromatic carbocycles. The molecule has 0 fully saturated rings. The summed E-state index contributed by atoms with van der Waals surface area (Å²) in [6.07, 6.45) is 0. The van der Waals surface area contributed by atoms with E-state index in [-0.39, 0.29) is 0 Å². The molecule has 0 N–H and O–H groups in total. The van der Waals surface area contributed by atoms with Gasteiger partial charge in [-0.2, -0.15) is 0 Å². The largest absolute Gasteiger partial charge is 0.132 e. The van der Waals surface area contributed by atoms with E-state index in [1.54, 1.807) is 0 Å². The molecule has 0 atom stereocenters. The minimum Gasteiger partial charge on any atom is -0.132 e. The fraction of sp³-hybridized carbons (Fsp3) is 0. The minimum absolute atomic E-state index is 1.19. The smallest absolute Gasteiger partial charge is 0.0711 e. The molecule has 0 aliphatic heterocycles. The van der Waals surface area contributed by atoms with Crippen LogP contribution in [0.3, 0.4) is 0 Å². The Morgan fingerprint density at radius 2 is 0.625 bits per heavy atom. The average molecular weight is 780 g/mol. The van der Waals surface area contributed by atoms with E-state index < -0.39 is 0 Å². The van der Waals surface area contributed by atoms with Gasteiger partial charge in [0, 0.05) is 41.7 Å². The third-order valence-corrected chi connectivity index (χ3v) is 15.2. The van der Waals surface area contributed by atoms with E-state index in [4.69, 9.17) is 0 Å². The molecule has 0 aliphatic carbocycles. The van der Waals surface area contributed by atoms with Crippen LogP contribution in [0.5, 0.6) is 0 Å². The minimum atomic E-state index is 1.19. The fourth-order valence-electron chi connectivity index (χ4n) is 4.62. The first-order valence-corrected chi connectivity index (χ1v) is 17.3. The second-order valence-electron chi connectivity index (χ2n) is 7.44. The van der Waals surface area contributed by atoms with Crippen molar-refractivity contribution in [1.82, 2.24) is 0 Å². The number of thiophene rings is 6. The van der Waals surface area contributed by atoms with Gasteiger partial charge in [-0.15, -0.1) is 68.0 Å². The predicted octanol–water partition coefficient (Wildman–Crippen LogP) is 13.2. The summed E-state index contributed by atoms with van der Waals surface area (Å²) in [6.45, 7) is 0. The van der Waals surface area contributed by atoms with E-state index in [1.165, 1.54) is 85.1 Å². The number of hydrogen-bond acceptors (Lipinski definition) is 6. The second-order valence-corrected chi connectivity index (χ2v) is 19.2. The molecular weight excluding hydrogens is 776 g/mol. The van der Waals surface area contributed by atoms with Crippen LogP contribution in [0.4, 0.5) is 0 Å². The van der Waals surface area contributed by atoms with Crippen molar-refractivity contribution in [3.05, 3.63) is 39.4 Å². The summed E-state index contributed by atoms with van der Waals surface area (Å²) in [7, 11) is 0. The predicted molar refractivity (Wildman–Crippen MR) is 167 cm³/mol. The van der Waals surface area contributed by atoms with Gasteiger partial charge in [-0.05, 0) is 88.0 Å². The topological polar surface area (TPSA) is 0 Å². The van der Waals surface area contributed by atoms with Crippen molar-refractivity contribution in [1.29, 1.82) is 0 Å². The summed E-state index contributed by atoms with van der Waals surface area (Å²) in [5, 5.41) is 8.31. The zero-order valence-corrected chi connectivity index (χ0v) is 26.5. The lowest BCUT2D eigenvalue weighted by atomic mass is 10.1. The van der Waals surface area contributed by atoms with Gasteiger partial charge in [0.15, 0.2) is 0 Å². The van der Waals surface area contributed by atoms with Crippen molar-refractivity contribution in [3.63, 3.8) is 0 Å². The SMILES string of the molecule is Brc1cc2c3cc(Br)sc3c3c(sc4c3sc3c5sc(Br)cc5c5cc(Br)sc5c34)c2s1. The Morgan fingerprint density at radius 3 is 1.00 bits per heavy atom. The number of halogens is 4. The molecule has 0 radical (unpaired) electrons. The molecule has 6 aromatic heterocycles. The first-order chi connectivity index (χ1) is 15.5. The molecule has 32 heavy (non-hydrogen) atoms. The maximum Gasteiger partial charge on any atom is 0.0711 e. The number of benzene rings is 2. The van der Waals surface area contributed by atoms with Crippen LogP contribution < -0.4 is 0 Å². The summed E-state index contributed by atoms with van der Waals surface area (Å²) in [5.74, 6) is 0. The normalized spacial score (nSPS) is 13.0. The van der Waals surface area contributed by atoms with E-state index in [0.29, 0.717) is 0 Å². The number of fused-ring (bicyclic) bond motifs is 15. The fourth-order valence-corrected chi connectivity index (χ4v) is 14.6. The molecule has 0 unspecified atom stereocenters. The maximum atomic E-state index is 3.77. The van der Waals surface area contributed by atoms with Gasteiger partial charge in [0.05, 0.1) is 43.3 Å². The summed E-state index contributed by atoms with van der Waals surface area (Å²) in [4.78, 5) is 0. The molecule has 156 valence electrons. The quantitative estimate of drug-likeness (QED) is 0.144. The highest BCUT2D eigenvalue weighted by Crippen LogP contribution is 2.57. The van der Waals surface area contributed by atoms with Gasteiger partial charge < -0.3 is 0 Å². The molecule has 0 nitrogen and oxygen atoms in total. The van der Waals surface area contributed by atoms with Gasteiger partial charge >= 0.3 is 0 Å². The average Bonchev–Trinajstić information content (AvgIpc) is 3.50. The lowest BCUT2D eigenvalue weighted by Gasteiger charge is -1.99. The lowest BCUT2D eigenvalue weighted by molar-refractivity contribution is 2.04. The molecule has 6 heterocycles. The molecule has 0 amide bonds. The van der Waals surface area contributed by atoms with Crippen molar-refractivity contribution >= 4 is 202 Å². The summed E-state index contributed by atoms with van der Waals surface area (Å²) < 4.78 is 16.1. The highest BCUT2D eigenvalue weighted by molar-refractivity contribution is 9.11. The Bertz CT molecular complexity index is 1940. The van der Waals surface area contributed by atoms with Crippen LogP contribution >= 0.6 is 132 Å². The van der Waals surface area contributed by atoms with Crippen LogP contribution in [0.1, 0.15) is 0 Å². The Morgan fingerprint density at radius 1 is 0.344 bits per heavy atom. The monoisotopic (exact) mass is 776 g/mol. The van der Waals surface area contributed by atoms with Gasteiger partial charge in [-0.25, -0.2) is 0 Å². The molecular formula is C22H4Br4S6. The summed E-state index contributed by atoms with van der Waals surface area (Å²) in [6, 6.07) is 9.16. The maximum absolute atomic E-state index is 3.77. The molecule has 0 saturated carbocycles. The third-order valence-electron chi connectivity index (χ3n) is 5.78. The van der Waals surface area contributed by atoms with Crippen LogP contribution in [0.2, 0.25) is 0 Å². The van der Waals surface area contributed by atoms with Crippen LogP contribution in [-0.4, -0.2) is 0 Å². The molecule has 8 rings (SSSR count). The molecule has 8 aromatic rings. The van der Waals surface area contributed by atoms with Gasteiger partial charge in [0.25, 0.3) is 0 Å². The van der Waals surface area contributed by atoms with Gasteiger partial charge in [-0.1, -0.05) is 0 Å². The van der Waals surface area contributed by atoms with Crippen molar-refractivity contribution in [2.45, 2.75) is 0 Å². The third kappa shape index (κ3) is 2.60. The van der Waals surface area contributed by atoms with E-state index in [2.05, 4.69) is 88.0 Å². The summed E-state index contributed by atoms with van der Waals surface area (Å²) >= 11 is 26.4. The van der Waals surface area contributed by atoms with E-state index >= 15 is 0 Å². The van der Waals surface area contributed by atoms with Crippen LogP contribution in [0.25, 0.3) is 69.9 Å².